The van der Waals surface area contributed by atoms with E-state index in [9.17, 15) is 9.00 Å². The van der Waals surface area contributed by atoms with Gasteiger partial charge < -0.3 is 10.6 Å². The highest BCUT2D eigenvalue weighted by molar-refractivity contribution is 7.84. The van der Waals surface area contributed by atoms with E-state index in [1.165, 1.54) is 0 Å². The first-order valence-corrected chi connectivity index (χ1v) is 8.50. The van der Waals surface area contributed by atoms with Gasteiger partial charge in [-0.3, -0.25) is 9.00 Å². The lowest BCUT2D eigenvalue weighted by Crippen LogP contribution is -2.25. The van der Waals surface area contributed by atoms with Crippen LogP contribution in [0.4, 0.5) is 5.82 Å². The van der Waals surface area contributed by atoms with Crippen LogP contribution in [0.3, 0.4) is 0 Å². The minimum absolute atomic E-state index is 0.150. The Labute approximate surface area is 126 Å². The molecule has 1 heterocycles. The van der Waals surface area contributed by atoms with Gasteiger partial charge in [0.05, 0.1) is 5.56 Å². The maximum atomic E-state index is 12.3. The number of carbonyl (C=O) groups is 1. The highest BCUT2D eigenvalue weighted by Crippen LogP contribution is 2.23. The van der Waals surface area contributed by atoms with Crippen molar-refractivity contribution in [2.24, 2.45) is 0 Å². The quantitative estimate of drug-likeness (QED) is 0.798. The van der Waals surface area contributed by atoms with Gasteiger partial charge >= 0.3 is 0 Å². The van der Waals surface area contributed by atoms with Crippen molar-refractivity contribution in [3.63, 3.8) is 0 Å². The largest absolute Gasteiger partial charge is 0.373 e. The Morgan fingerprint density at radius 2 is 2.00 bits per heavy atom. The van der Waals surface area contributed by atoms with Gasteiger partial charge in [0.1, 0.15) is 5.82 Å². The average molecular weight is 305 g/mol. The first-order chi connectivity index (χ1) is 10.1. The van der Waals surface area contributed by atoms with Crippen LogP contribution in [0.25, 0.3) is 10.8 Å². The van der Waals surface area contributed by atoms with E-state index >= 15 is 0 Å². The second-order valence-corrected chi connectivity index (χ2v) is 6.26. The number of anilines is 1. The van der Waals surface area contributed by atoms with Crippen molar-refractivity contribution >= 4 is 33.3 Å². The zero-order valence-corrected chi connectivity index (χ0v) is 13.0. The van der Waals surface area contributed by atoms with Crippen LogP contribution in [0.15, 0.2) is 30.5 Å². The minimum atomic E-state index is -0.823. The summed E-state index contributed by atoms with van der Waals surface area (Å²) in [6.45, 7) is 0.514. The number of rotatable bonds is 6. The molecule has 0 radical (unpaired) electrons. The second-order valence-electron chi connectivity index (χ2n) is 4.70. The van der Waals surface area contributed by atoms with E-state index in [-0.39, 0.29) is 5.91 Å². The first-order valence-electron chi connectivity index (χ1n) is 6.77. The zero-order chi connectivity index (χ0) is 15.2. The fourth-order valence-electron chi connectivity index (χ4n) is 2.15. The highest BCUT2D eigenvalue weighted by Gasteiger charge is 2.12. The molecule has 112 valence electrons. The van der Waals surface area contributed by atoms with Gasteiger partial charge in [-0.05, 0) is 11.8 Å². The number of nitrogens with zero attached hydrogens (tertiary/aromatic N) is 1. The third kappa shape index (κ3) is 3.78. The van der Waals surface area contributed by atoms with Gasteiger partial charge in [0.2, 0.25) is 0 Å². The molecule has 5 nitrogen and oxygen atoms in total. The molecule has 0 saturated carbocycles. The van der Waals surface area contributed by atoms with Crippen molar-refractivity contribution in [2.75, 3.05) is 30.9 Å². The molecule has 1 atom stereocenters. The van der Waals surface area contributed by atoms with E-state index in [0.717, 1.165) is 16.6 Å². The van der Waals surface area contributed by atoms with Crippen LogP contribution in [0.2, 0.25) is 0 Å². The van der Waals surface area contributed by atoms with Gasteiger partial charge in [-0.2, -0.15) is 0 Å². The number of fused-ring (bicyclic) bond motifs is 1. The van der Waals surface area contributed by atoms with E-state index < -0.39 is 10.8 Å². The predicted molar refractivity (Wildman–Crippen MR) is 87.2 cm³/mol. The number of benzene rings is 1. The topological polar surface area (TPSA) is 71.1 Å². The van der Waals surface area contributed by atoms with Crippen molar-refractivity contribution < 1.29 is 9.00 Å². The van der Waals surface area contributed by atoms with Gasteiger partial charge in [-0.25, -0.2) is 4.98 Å². The predicted octanol–water partition coefficient (Wildman–Crippen LogP) is 1.77. The Morgan fingerprint density at radius 3 is 2.67 bits per heavy atom. The van der Waals surface area contributed by atoms with E-state index in [4.69, 9.17) is 0 Å². The van der Waals surface area contributed by atoms with Crippen LogP contribution in [0.5, 0.6) is 0 Å². The molecule has 0 aliphatic heterocycles. The lowest BCUT2D eigenvalue weighted by Gasteiger charge is -2.10. The fourth-order valence-corrected chi connectivity index (χ4v) is 2.70. The summed E-state index contributed by atoms with van der Waals surface area (Å²) in [5.41, 5.74) is 0.558. The molecule has 0 aliphatic carbocycles. The van der Waals surface area contributed by atoms with Crippen molar-refractivity contribution in [1.82, 2.24) is 10.3 Å². The molecule has 2 aromatic rings. The molecule has 1 aromatic heterocycles. The molecule has 2 N–H and O–H groups in total. The van der Waals surface area contributed by atoms with Crippen molar-refractivity contribution in [1.29, 1.82) is 0 Å². The van der Waals surface area contributed by atoms with Crippen LogP contribution in [-0.4, -0.2) is 40.7 Å². The summed E-state index contributed by atoms with van der Waals surface area (Å²) in [5.74, 6) is 1.20. The summed E-state index contributed by atoms with van der Waals surface area (Å²) >= 11 is 0. The van der Waals surface area contributed by atoms with Crippen molar-refractivity contribution in [3.8, 4) is 0 Å². The number of carbonyl (C=O) groups excluding carboxylic acids is 1. The SMILES string of the molecule is CNc1ncc(C(=O)NCCCS(C)=O)c2ccccc12. The Hall–Kier alpha value is -1.95. The van der Waals surface area contributed by atoms with Gasteiger partial charge in [0.25, 0.3) is 5.91 Å². The van der Waals surface area contributed by atoms with E-state index in [0.29, 0.717) is 24.3 Å². The first kappa shape index (κ1) is 15.4. The second kappa shape index (κ2) is 7.17. The number of amides is 1. The summed E-state index contributed by atoms with van der Waals surface area (Å²) < 4.78 is 11.0. The number of hydrogen-bond acceptors (Lipinski definition) is 4. The third-order valence-electron chi connectivity index (χ3n) is 3.17. The van der Waals surface area contributed by atoms with Crippen LogP contribution >= 0.6 is 0 Å². The smallest absolute Gasteiger partial charge is 0.253 e. The standard InChI is InChI=1S/C15H19N3O2S/c1-16-14-12-7-4-3-6-11(12)13(10-18-14)15(19)17-8-5-9-21(2)20/h3-4,6-7,10H,5,8-9H2,1-2H3,(H,16,18)(H,17,19). The summed E-state index contributed by atoms with van der Waals surface area (Å²) in [7, 11) is 0.982. The van der Waals surface area contributed by atoms with Crippen molar-refractivity contribution in [3.05, 3.63) is 36.0 Å². The van der Waals surface area contributed by atoms with Gasteiger partial charge in [-0.1, -0.05) is 24.3 Å². The zero-order valence-electron chi connectivity index (χ0n) is 12.2. The number of aromatic nitrogens is 1. The molecule has 1 unspecified atom stereocenters. The summed E-state index contributed by atoms with van der Waals surface area (Å²) in [4.78, 5) is 16.5. The molecule has 1 aromatic carbocycles. The lowest BCUT2D eigenvalue weighted by molar-refractivity contribution is 0.0955. The number of hydrogen-bond donors (Lipinski definition) is 2. The molecule has 0 saturated heterocycles. The molecule has 21 heavy (non-hydrogen) atoms. The molecule has 1 amide bonds. The lowest BCUT2D eigenvalue weighted by atomic mass is 10.1. The minimum Gasteiger partial charge on any atom is -0.373 e. The van der Waals surface area contributed by atoms with Crippen LogP contribution in [0.1, 0.15) is 16.8 Å². The average Bonchev–Trinajstić information content (AvgIpc) is 2.50. The van der Waals surface area contributed by atoms with E-state index in [1.54, 1.807) is 19.5 Å². The van der Waals surface area contributed by atoms with Crippen LogP contribution in [0, 0.1) is 0 Å². The van der Waals surface area contributed by atoms with Crippen molar-refractivity contribution in [2.45, 2.75) is 6.42 Å². The molecule has 0 spiro atoms. The summed E-state index contributed by atoms with van der Waals surface area (Å²) in [6, 6.07) is 7.67. The normalized spacial score (nSPS) is 12.1. The van der Waals surface area contributed by atoms with E-state index in [1.807, 2.05) is 24.3 Å². The van der Waals surface area contributed by atoms with Gasteiger partial charge in [-0.15, -0.1) is 0 Å². The Balaban J connectivity index is 2.18. The molecular weight excluding hydrogens is 286 g/mol. The van der Waals surface area contributed by atoms with E-state index in [2.05, 4.69) is 15.6 Å². The fraction of sp³-hybridized carbons (Fsp3) is 0.333. The molecular formula is C15H19N3O2S. The van der Waals surface area contributed by atoms with Gasteiger partial charge in [0.15, 0.2) is 0 Å². The number of pyridine rings is 1. The summed E-state index contributed by atoms with van der Waals surface area (Å²) in [5, 5.41) is 7.66. The maximum absolute atomic E-state index is 12.3. The number of nitrogens with one attached hydrogen (secondary N) is 2. The maximum Gasteiger partial charge on any atom is 0.253 e. The van der Waals surface area contributed by atoms with Crippen LogP contribution in [-0.2, 0) is 10.8 Å². The summed E-state index contributed by atoms with van der Waals surface area (Å²) in [6.07, 6.45) is 3.95. The molecule has 0 fully saturated rings. The monoisotopic (exact) mass is 305 g/mol. The Kier molecular flexibility index (Phi) is 5.27. The molecule has 0 aliphatic rings. The molecule has 0 bridgehead atoms. The third-order valence-corrected chi connectivity index (χ3v) is 4.03. The molecule has 6 heteroatoms. The highest BCUT2D eigenvalue weighted by atomic mass is 32.2. The molecule has 2 rings (SSSR count). The Bertz CT molecular complexity index is 673. The van der Waals surface area contributed by atoms with Crippen LogP contribution < -0.4 is 10.6 Å². The van der Waals surface area contributed by atoms with Gasteiger partial charge in [0, 0.05) is 48.0 Å². The Morgan fingerprint density at radius 1 is 1.29 bits per heavy atom.